The van der Waals surface area contributed by atoms with E-state index in [0.717, 1.165) is 31.9 Å². The summed E-state index contributed by atoms with van der Waals surface area (Å²) in [6.07, 6.45) is 4.65. The molecule has 0 radical (unpaired) electrons. The second-order valence-electron chi connectivity index (χ2n) is 4.63. The Morgan fingerprint density at radius 2 is 2.20 bits per heavy atom. The number of likely N-dealkylation sites (N-methyl/N-ethyl adjacent to an activating group) is 1. The molecule has 1 saturated heterocycles. The van der Waals surface area contributed by atoms with E-state index in [1.165, 1.54) is 19.3 Å². The number of nitrogens with zero attached hydrogens (tertiary/aromatic N) is 2. The second-order valence-corrected chi connectivity index (χ2v) is 4.63. The van der Waals surface area contributed by atoms with Crippen molar-refractivity contribution in [1.82, 2.24) is 9.80 Å². The average molecular weight is 211 g/mol. The molecule has 0 aliphatic carbocycles. The largest absolute Gasteiger partial charge is 0.359 e. The lowest BCUT2D eigenvalue weighted by molar-refractivity contribution is 0.223. The van der Waals surface area contributed by atoms with Gasteiger partial charge in [-0.25, -0.2) is 0 Å². The Labute approximate surface area is 94.0 Å². The molecule has 1 aliphatic heterocycles. The molecule has 15 heavy (non-hydrogen) atoms. The molecule has 1 atom stereocenters. The summed E-state index contributed by atoms with van der Waals surface area (Å²) in [5.74, 6) is 0.846. The fourth-order valence-corrected chi connectivity index (χ4v) is 1.95. The van der Waals surface area contributed by atoms with Crippen molar-refractivity contribution in [2.24, 2.45) is 0 Å². The third kappa shape index (κ3) is 3.82. The molecule has 0 bridgehead atoms. The van der Waals surface area contributed by atoms with Crippen molar-refractivity contribution in [1.29, 1.82) is 5.41 Å². The monoisotopic (exact) mass is 211 g/mol. The van der Waals surface area contributed by atoms with E-state index in [4.69, 9.17) is 5.41 Å². The predicted octanol–water partition coefficient (Wildman–Crippen LogP) is 2.18. The first kappa shape index (κ1) is 12.5. The van der Waals surface area contributed by atoms with E-state index in [1.54, 1.807) is 0 Å². The van der Waals surface area contributed by atoms with Crippen molar-refractivity contribution < 1.29 is 0 Å². The minimum absolute atomic E-state index is 0.656. The predicted molar refractivity (Wildman–Crippen MR) is 65.5 cm³/mol. The SMILES string of the molecule is CCC(C)N(C)CCN1CCCCC1=N. The van der Waals surface area contributed by atoms with Crippen molar-refractivity contribution >= 4 is 5.84 Å². The molecule has 0 spiro atoms. The molecule has 1 fully saturated rings. The summed E-state index contributed by atoms with van der Waals surface area (Å²) in [6.45, 7) is 7.69. The molecule has 0 aromatic carbocycles. The van der Waals surface area contributed by atoms with Crippen molar-refractivity contribution in [2.45, 2.75) is 45.6 Å². The van der Waals surface area contributed by atoms with Crippen LogP contribution in [0.5, 0.6) is 0 Å². The summed E-state index contributed by atoms with van der Waals surface area (Å²) in [5, 5.41) is 7.85. The first-order valence-corrected chi connectivity index (χ1v) is 6.17. The zero-order valence-corrected chi connectivity index (χ0v) is 10.4. The molecule has 1 aliphatic rings. The molecular weight excluding hydrogens is 186 g/mol. The normalized spacial score (nSPS) is 19.7. The zero-order valence-electron chi connectivity index (χ0n) is 10.4. The van der Waals surface area contributed by atoms with Gasteiger partial charge < -0.3 is 9.80 Å². The molecular formula is C12H25N3. The summed E-state index contributed by atoms with van der Waals surface area (Å²) in [6, 6.07) is 0.656. The van der Waals surface area contributed by atoms with Crippen molar-refractivity contribution in [3.63, 3.8) is 0 Å². The quantitative estimate of drug-likeness (QED) is 0.755. The van der Waals surface area contributed by atoms with Gasteiger partial charge in [0.2, 0.25) is 0 Å². The maximum absolute atomic E-state index is 7.85. The minimum Gasteiger partial charge on any atom is -0.359 e. The number of rotatable bonds is 5. The van der Waals surface area contributed by atoms with Crippen LogP contribution in [0.15, 0.2) is 0 Å². The van der Waals surface area contributed by atoms with Crippen LogP contribution >= 0.6 is 0 Å². The number of hydrogen-bond donors (Lipinski definition) is 1. The molecule has 1 heterocycles. The summed E-state index contributed by atoms with van der Waals surface area (Å²) < 4.78 is 0. The Bertz CT molecular complexity index is 203. The van der Waals surface area contributed by atoms with Crippen LogP contribution in [0.25, 0.3) is 0 Å². The molecule has 0 amide bonds. The molecule has 0 aromatic heterocycles. The van der Waals surface area contributed by atoms with E-state index in [0.29, 0.717) is 6.04 Å². The van der Waals surface area contributed by atoms with Crippen LogP contribution in [0.2, 0.25) is 0 Å². The number of likely N-dealkylation sites (tertiary alicyclic amines) is 1. The summed E-state index contributed by atoms with van der Waals surface area (Å²) in [4.78, 5) is 4.63. The molecule has 3 heteroatoms. The third-order valence-electron chi connectivity index (χ3n) is 3.54. The molecule has 3 nitrogen and oxygen atoms in total. The lowest BCUT2D eigenvalue weighted by Gasteiger charge is -2.32. The van der Waals surface area contributed by atoms with Crippen molar-refractivity contribution in [3.05, 3.63) is 0 Å². The van der Waals surface area contributed by atoms with Gasteiger partial charge in [-0.3, -0.25) is 5.41 Å². The lowest BCUT2D eigenvalue weighted by Crippen LogP contribution is -2.41. The number of nitrogens with one attached hydrogen (secondary N) is 1. The van der Waals surface area contributed by atoms with E-state index >= 15 is 0 Å². The number of hydrogen-bond acceptors (Lipinski definition) is 2. The first-order chi connectivity index (χ1) is 7.15. The van der Waals surface area contributed by atoms with Crippen LogP contribution in [0.3, 0.4) is 0 Å². The maximum atomic E-state index is 7.85. The standard InChI is InChI=1S/C12H25N3/c1-4-11(2)14(3)9-10-15-8-6-5-7-12(15)13/h11,13H,4-10H2,1-3H3. The molecule has 0 saturated carbocycles. The molecule has 88 valence electrons. The second kappa shape index (κ2) is 6.11. The van der Waals surface area contributed by atoms with Gasteiger partial charge in [-0.15, -0.1) is 0 Å². The summed E-state index contributed by atoms with van der Waals surface area (Å²) in [5.41, 5.74) is 0. The number of piperidine rings is 1. The van der Waals surface area contributed by atoms with Crippen LogP contribution in [-0.2, 0) is 0 Å². The van der Waals surface area contributed by atoms with Crippen molar-refractivity contribution in [2.75, 3.05) is 26.7 Å². The smallest absolute Gasteiger partial charge is 0.0958 e. The van der Waals surface area contributed by atoms with Gasteiger partial charge in [0.1, 0.15) is 0 Å². The Morgan fingerprint density at radius 1 is 1.47 bits per heavy atom. The van der Waals surface area contributed by atoms with Crippen LogP contribution < -0.4 is 0 Å². The molecule has 1 unspecified atom stereocenters. The Morgan fingerprint density at radius 3 is 2.80 bits per heavy atom. The molecule has 1 rings (SSSR count). The maximum Gasteiger partial charge on any atom is 0.0958 e. The van der Waals surface area contributed by atoms with E-state index in [2.05, 4.69) is 30.7 Å². The fraction of sp³-hybridized carbons (Fsp3) is 0.917. The van der Waals surface area contributed by atoms with Crippen molar-refractivity contribution in [3.8, 4) is 0 Å². The minimum atomic E-state index is 0.656. The molecule has 0 aromatic rings. The highest BCUT2D eigenvalue weighted by atomic mass is 15.2. The fourth-order valence-electron chi connectivity index (χ4n) is 1.95. The van der Waals surface area contributed by atoms with Gasteiger partial charge in [0, 0.05) is 32.1 Å². The highest BCUT2D eigenvalue weighted by Gasteiger charge is 2.15. The highest BCUT2D eigenvalue weighted by molar-refractivity contribution is 5.79. The third-order valence-corrected chi connectivity index (χ3v) is 3.54. The lowest BCUT2D eigenvalue weighted by atomic mass is 10.1. The zero-order chi connectivity index (χ0) is 11.3. The average Bonchev–Trinajstić information content (AvgIpc) is 2.26. The van der Waals surface area contributed by atoms with Gasteiger partial charge >= 0.3 is 0 Å². The van der Waals surface area contributed by atoms with Gasteiger partial charge in [-0.05, 0) is 33.2 Å². The van der Waals surface area contributed by atoms with Gasteiger partial charge in [-0.1, -0.05) is 6.92 Å². The van der Waals surface area contributed by atoms with Crippen LogP contribution in [0, 0.1) is 5.41 Å². The molecule has 1 N–H and O–H groups in total. The van der Waals surface area contributed by atoms with E-state index in [-0.39, 0.29) is 0 Å². The van der Waals surface area contributed by atoms with E-state index in [9.17, 15) is 0 Å². The Hall–Kier alpha value is -0.570. The Kier molecular flexibility index (Phi) is 5.09. The van der Waals surface area contributed by atoms with Gasteiger partial charge in [0.05, 0.1) is 5.84 Å². The Balaban J connectivity index is 2.26. The highest BCUT2D eigenvalue weighted by Crippen LogP contribution is 2.10. The van der Waals surface area contributed by atoms with Gasteiger partial charge in [0.15, 0.2) is 0 Å². The first-order valence-electron chi connectivity index (χ1n) is 6.17. The van der Waals surface area contributed by atoms with Crippen LogP contribution in [0.4, 0.5) is 0 Å². The summed E-state index contributed by atoms with van der Waals surface area (Å²) >= 11 is 0. The number of amidine groups is 1. The topological polar surface area (TPSA) is 30.3 Å². The van der Waals surface area contributed by atoms with Gasteiger partial charge in [-0.2, -0.15) is 0 Å². The van der Waals surface area contributed by atoms with E-state index < -0.39 is 0 Å². The summed E-state index contributed by atoms with van der Waals surface area (Å²) in [7, 11) is 2.18. The van der Waals surface area contributed by atoms with Crippen LogP contribution in [0.1, 0.15) is 39.5 Å². The van der Waals surface area contributed by atoms with Crippen LogP contribution in [-0.4, -0.2) is 48.4 Å². The van der Waals surface area contributed by atoms with Gasteiger partial charge in [0.25, 0.3) is 0 Å². The van der Waals surface area contributed by atoms with E-state index in [1.807, 2.05) is 0 Å².